The fourth-order valence-corrected chi connectivity index (χ4v) is 3.56. The van der Waals surface area contributed by atoms with E-state index in [9.17, 15) is 14.7 Å². The van der Waals surface area contributed by atoms with Crippen LogP contribution in [0, 0.1) is 6.92 Å². The highest BCUT2D eigenvalue weighted by molar-refractivity contribution is 6.51. The van der Waals surface area contributed by atoms with E-state index >= 15 is 0 Å². The molecule has 4 rings (SSSR count). The second kappa shape index (κ2) is 6.61. The van der Waals surface area contributed by atoms with Crippen molar-refractivity contribution in [1.29, 1.82) is 0 Å². The van der Waals surface area contributed by atoms with E-state index in [-0.39, 0.29) is 17.1 Å². The molecule has 0 saturated heterocycles. The van der Waals surface area contributed by atoms with Crippen LogP contribution in [0.1, 0.15) is 17.2 Å². The van der Waals surface area contributed by atoms with E-state index in [0.29, 0.717) is 28.3 Å². The van der Waals surface area contributed by atoms with E-state index in [2.05, 4.69) is 4.99 Å². The van der Waals surface area contributed by atoms with E-state index in [1.54, 1.807) is 42.9 Å². The zero-order chi connectivity index (χ0) is 20.0. The van der Waals surface area contributed by atoms with Gasteiger partial charge < -0.3 is 10.8 Å². The number of nitrogens with zero attached hydrogens (tertiary/aromatic N) is 3. The SMILES string of the molecule is Cc1c(C2C(=O)C(=Nc3ccc(N)cc3)C2O)c(=O)n(-c2ccccc2)n1C. The van der Waals surface area contributed by atoms with Crippen LogP contribution in [0.5, 0.6) is 0 Å². The number of hydrogen-bond donors (Lipinski definition) is 2. The van der Waals surface area contributed by atoms with E-state index < -0.39 is 12.0 Å². The van der Waals surface area contributed by atoms with Gasteiger partial charge in [0.15, 0.2) is 5.78 Å². The topological polar surface area (TPSA) is 103 Å². The van der Waals surface area contributed by atoms with Crippen LogP contribution in [0.3, 0.4) is 0 Å². The Labute approximate surface area is 161 Å². The molecule has 3 aromatic rings. The molecule has 0 bridgehead atoms. The van der Waals surface area contributed by atoms with Crippen LogP contribution >= 0.6 is 0 Å². The Hall–Kier alpha value is -3.45. The third-order valence-corrected chi connectivity index (χ3v) is 5.18. The number of nitrogens with two attached hydrogens (primary N) is 1. The number of aliphatic imine (C=N–C) groups is 1. The number of carbonyl (C=O) groups is 1. The third kappa shape index (κ3) is 2.68. The van der Waals surface area contributed by atoms with Crippen molar-refractivity contribution in [3.8, 4) is 5.69 Å². The minimum atomic E-state index is -1.12. The first-order valence-corrected chi connectivity index (χ1v) is 8.90. The van der Waals surface area contributed by atoms with Crippen molar-refractivity contribution < 1.29 is 9.90 Å². The van der Waals surface area contributed by atoms with Crippen LogP contribution in [0.25, 0.3) is 5.69 Å². The standard InChI is InChI=1S/C21H20N4O3/c1-12-16(21(28)25(24(12)2)15-6-4-3-5-7-15)17-19(26)18(20(17)27)23-14-10-8-13(22)9-11-14/h3-11,17,19,26H,22H2,1-2H3. The summed E-state index contributed by atoms with van der Waals surface area (Å²) < 4.78 is 3.20. The molecule has 3 N–H and O–H groups in total. The Bertz CT molecular complexity index is 1140. The number of aromatic nitrogens is 2. The molecule has 2 unspecified atom stereocenters. The first-order valence-electron chi connectivity index (χ1n) is 8.90. The van der Waals surface area contributed by atoms with E-state index in [1.165, 1.54) is 4.68 Å². The Balaban J connectivity index is 1.73. The smallest absolute Gasteiger partial charge is 0.275 e. The number of nitrogen functional groups attached to an aromatic ring is 1. The summed E-state index contributed by atoms with van der Waals surface area (Å²) in [6.45, 7) is 1.77. The maximum absolute atomic E-state index is 13.1. The maximum Gasteiger partial charge on any atom is 0.275 e. The number of Topliss-reactive ketones (excluding diaryl/α,β-unsaturated/α-hetero) is 1. The zero-order valence-electron chi connectivity index (χ0n) is 15.5. The van der Waals surface area contributed by atoms with Gasteiger partial charge in [0, 0.05) is 18.4 Å². The highest BCUT2D eigenvalue weighted by Crippen LogP contribution is 2.34. The molecular formula is C21H20N4O3. The van der Waals surface area contributed by atoms with Gasteiger partial charge in [-0.2, -0.15) is 0 Å². The van der Waals surface area contributed by atoms with Gasteiger partial charge in [0.25, 0.3) is 5.56 Å². The van der Waals surface area contributed by atoms with Crippen LogP contribution < -0.4 is 11.3 Å². The number of rotatable bonds is 3. The lowest BCUT2D eigenvalue weighted by Crippen LogP contribution is -2.52. The summed E-state index contributed by atoms with van der Waals surface area (Å²) in [5.74, 6) is -1.24. The summed E-state index contributed by atoms with van der Waals surface area (Å²) in [5, 5.41) is 10.6. The van der Waals surface area contributed by atoms with Gasteiger partial charge in [0.1, 0.15) is 11.8 Å². The summed E-state index contributed by atoms with van der Waals surface area (Å²) in [5.41, 5.74) is 8.15. The number of aliphatic hydroxyl groups excluding tert-OH is 1. The van der Waals surface area contributed by atoms with Crippen molar-refractivity contribution in [1.82, 2.24) is 9.36 Å². The summed E-state index contributed by atoms with van der Waals surface area (Å²) in [7, 11) is 1.76. The molecule has 1 aliphatic rings. The molecule has 1 aromatic heterocycles. The van der Waals surface area contributed by atoms with Crippen molar-refractivity contribution in [2.24, 2.45) is 12.0 Å². The second-order valence-electron chi connectivity index (χ2n) is 6.85. The number of benzene rings is 2. The largest absolute Gasteiger partial charge is 0.399 e. The van der Waals surface area contributed by atoms with Gasteiger partial charge in [-0.1, -0.05) is 18.2 Å². The fraction of sp³-hybridized carbons (Fsp3) is 0.190. The summed E-state index contributed by atoms with van der Waals surface area (Å²) in [6.07, 6.45) is -1.12. The van der Waals surface area contributed by atoms with Gasteiger partial charge in [0.05, 0.1) is 22.9 Å². The van der Waals surface area contributed by atoms with Gasteiger partial charge in [-0.3, -0.25) is 14.3 Å². The van der Waals surface area contributed by atoms with E-state index in [4.69, 9.17) is 5.73 Å². The van der Waals surface area contributed by atoms with Crippen molar-refractivity contribution >= 4 is 22.9 Å². The van der Waals surface area contributed by atoms with E-state index in [1.807, 2.05) is 30.3 Å². The molecule has 0 aliphatic heterocycles. The summed E-state index contributed by atoms with van der Waals surface area (Å²) >= 11 is 0. The summed E-state index contributed by atoms with van der Waals surface area (Å²) in [6, 6.07) is 15.9. The van der Waals surface area contributed by atoms with Crippen molar-refractivity contribution in [2.75, 3.05) is 5.73 Å². The molecular weight excluding hydrogens is 356 g/mol. The minimum Gasteiger partial charge on any atom is -0.399 e. The van der Waals surface area contributed by atoms with Gasteiger partial charge in [-0.25, -0.2) is 9.67 Å². The van der Waals surface area contributed by atoms with Crippen molar-refractivity contribution in [2.45, 2.75) is 18.9 Å². The molecule has 7 nitrogen and oxygen atoms in total. The zero-order valence-corrected chi connectivity index (χ0v) is 15.5. The Morgan fingerprint density at radius 3 is 2.29 bits per heavy atom. The Morgan fingerprint density at radius 1 is 1.04 bits per heavy atom. The lowest BCUT2D eigenvalue weighted by Gasteiger charge is -2.31. The van der Waals surface area contributed by atoms with Crippen LogP contribution in [-0.2, 0) is 11.8 Å². The molecule has 1 heterocycles. The van der Waals surface area contributed by atoms with Crippen molar-refractivity contribution in [3.63, 3.8) is 0 Å². The molecule has 0 amide bonds. The predicted octanol–water partition coefficient (Wildman–Crippen LogP) is 1.87. The number of carbonyl (C=O) groups excluding carboxylic acids is 1. The van der Waals surface area contributed by atoms with Gasteiger partial charge >= 0.3 is 0 Å². The van der Waals surface area contributed by atoms with E-state index in [0.717, 1.165) is 0 Å². The molecule has 0 spiro atoms. The van der Waals surface area contributed by atoms with Gasteiger partial charge in [0.2, 0.25) is 0 Å². The van der Waals surface area contributed by atoms with Crippen LogP contribution in [0.2, 0.25) is 0 Å². The average Bonchev–Trinajstić information content (AvgIpc) is 2.91. The monoisotopic (exact) mass is 376 g/mol. The van der Waals surface area contributed by atoms with Gasteiger partial charge in [-0.05, 0) is 43.3 Å². The molecule has 1 fully saturated rings. The predicted molar refractivity (Wildman–Crippen MR) is 107 cm³/mol. The number of ketones is 1. The Morgan fingerprint density at radius 2 is 1.68 bits per heavy atom. The molecule has 7 heteroatoms. The Kier molecular flexibility index (Phi) is 4.24. The number of hydrogen-bond acceptors (Lipinski definition) is 5. The first-order chi connectivity index (χ1) is 13.4. The quantitative estimate of drug-likeness (QED) is 0.681. The molecule has 2 atom stereocenters. The summed E-state index contributed by atoms with van der Waals surface area (Å²) in [4.78, 5) is 30.0. The molecule has 0 radical (unpaired) electrons. The average molecular weight is 376 g/mol. The molecule has 28 heavy (non-hydrogen) atoms. The minimum absolute atomic E-state index is 0.0590. The third-order valence-electron chi connectivity index (χ3n) is 5.18. The van der Waals surface area contributed by atoms with Crippen LogP contribution in [-0.4, -0.2) is 32.1 Å². The second-order valence-corrected chi connectivity index (χ2v) is 6.85. The highest BCUT2D eigenvalue weighted by atomic mass is 16.3. The normalized spacial score (nSPS) is 20.4. The fourth-order valence-electron chi connectivity index (χ4n) is 3.56. The van der Waals surface area contributed by atoms with Gasteiger partial charge in [-0.15, -0.1) is 0 Å². The first kappa shape index (κ1) is 17.9. The maximum atomic E-state index is 13.1. The van der Waals surface area contributed by atoms with Crippen LogP contribution in [0.4, 0.5) is 11.4 Å². The number of aliphatic hydroxyl groups is 1. The van der Waals surface area contributed by atoms with Crippen LogP contribution in [0.15, 0.2) is 64.4 Å². The molecule has 1 aliphatic carbocycles. The molecule has 142 valence electrons. The highest BCUT2D eigenvalue weighted by Gasteiger charge is 2.49. The number of para-hydroxylation sites is 1. The van der Waals surface area contributed by atoms with Crippen molar-refractivity contribution in [3.05, 3.63) is 76.2 Å². The number of anilines is 1. The molecule has 2 aromatic carbocycles. The lowest BCUT2D eigenvalue weighted by atomic mass is 9.73. The molecule has 1 saturated carbocycles. The lowest BCUT2D eigenvalue weighted by molar-refractivity contribution is -0.120.